The van der Waals surface area contributed by atoms with E-state index in [9.17, 15) is 73.2 Å². The lowest BCUT2D eigenvalue weighted by Crippen LogP contribution is -2.61. The van der Waals surface area contributed by atoms with Gasteiger partial charge in [0.2, 0.25) is 47.3 Å². The standard InChI is InChI=1S/C41H60N12O15/c42-22(18-30(43)55)33(60)47-23(12-13-31(56)57)34(61)48-24(9-4-14-46-41(44)45)38(65)52-15-5-10-28(52)37(64)51-27(20-54)36(63)49-25(17-21-7-2-1-3-8-21)35(62)50-26(19-32(58)59)39(66)53-16-6-11-29(53)40(67)68/h1-3,7-8,22-29,54H,4-6,9-20,42H2,(H2,43,55)(H,47,60)(H,48,61)(H,49,63)(H,50,62)(H,51,64)(H,56,57)(H,58,59)(H,67,68)(H4,44,45,46)/t22-,23-,24-,25-,26-,27-,28-,29-/m0/s1. The highest BCUT2D eigenvalue weighted by Gasteiger charge is 2.42. The Kier molecular flexibility index (Phi) is 21.5. The number of primary amides is 1. The summed E-state index contributed by atoms with van der Waals surface area (Å²) in [5.74, 6) is -12.2. The maximum absolute atomic E-state index is 14.2. The highest BCUT2D eigenvalue weighted by molar-refractivity contribution is 5.99. The third kappa shape index (κ3) is 17.1. The minimum Gasteiger partial charge on any atom is -0.481 e. The molecule has 0 unspecified atom stereocenters. The molecule has 2 fully saturated rings. The van der Waals surface area contributed by atoms with Crippen molar-refractivity contribution in [1.29, 1.82) is 0 Å². The summed E-state index contributed by atoms with van der Waals surface area (Å²) >= 11 is 0. The Bertz CT molecular complexity index is 2050. The van der Waals surface area contributed by atoms with Crippen molar-refractivity contribution in [3.05, 3.63) is 35.9 Å². The zero-order chi connectivity index (χ0) is 50.7. The molecule has 8 amide bonds. The van der Waals surface area contributed by atoms with Crippen LogP contribution in [-0.4, -0.2) is 176 Å². The molecule has 0 aromatic heterocycles. The number of likely N-dealkylation sites (tertiary alicyclic amines) is 2. The fourth-order valence-electron chi connectivity index (χ4n) is 7.59. The number of aliphatic hydroxyl groups is 1. The number of aliphatic imine (C=N–C) groups is 1. The molecule has 8 atom stereocenters. The highest BCUT2D eigenvalue weighted by Crippen LogP contribution is 2.22. The Morgan fingerprint density at radius 2 is 1.19 bits per heavy atom. The summed E-state index contributed by atoms with van der Waals surface area (Å²) in [7, 11) is 0. The molecule has 0 spiro atoms. The fraction of sp³-hybridized carbons (Fsp3) is 0.561. The predicted molar refractivity (Wildman–Crippen MR) is 235 cm³/mol. The lowest BCUT2D eigenvalue weighted by Gasteiger charge is -2.31. The topological polar surface area (TPSA) is 452 Å². The zero-order valence-electron chi connectivity index (χ0n) is 37.0. The molecule has 27 heteroatoms. The number of benzene rings is 1. The van der Waals surface area contributed by atoms with E-state index < -0.39 is 146 Å². The number of hydrogen-bond donors (Lipinski definition) is 13. The summed E-state index contributed by atoms with van der Waals surface area (Å²) in [6.07, 6.45) is -2.18. The number of amides is 8. The molecule has 68 heavy (non-hydrogen) atoms. The Balaban J connectivity index is 1.84. The SMILES string of the molecule is NC(=O)C[C@H](N)C(=O)N[C@@H](CCC(=O)O)C(=O)N[C@@H](CCCN=C(N)N)C(=O)N1CCC[C@H]1C(=O)N[C@@H](CO)C(=O)N[C@@H](Cc1ccccc1)C(=O)N[C@@H](CC(=O)O)C(=O)N1CCC[C@H]1C(=O)O. The molecule has 27 nitrogen and oxygen atoms in total. The molecule has 2 heterocycles. The normalized spacial score (nSPS) is 18.0. The van der Waals surface area contributed by atoms with E-state index in [4.69, 9.17) is 22.9 Å². The number of nitrogens with zero attached hydrogens (tertiary/aromatic N) is 3. The maximum Gasteiger partial charge on any atom is 0.326 e. The van der Waals surface area contributed by atoms with Crippen LogP contribution in [0.25, 0.3) is 0 Å². The minimum absolute atomic E-state index is 0.00627. The third-order valence-electron chi connectivity index (χ3n) is 11.0. The van der Waals surface area contributed by atoms with E-state index >= 15 is 0 Å². The van der Waals surface area contributed by atoms with E-state index in [2.05, 4.69) is 31.6 Å². The van der Waals surface area contributed by atoms with Crippen molar-refractivity contribution < 1.29 is 73.2 Å². The first-order valence-electron chi connectivity index (χ1n) is 21.7. The Hall–Kier alpha value is -7.42. The lowest BCUT2D eigenvalue weighted by atomic mass is 10.0. The Morgan fingerprint density at radius 3 is 1.76 bits per heavy atom. The first-order chi connectivity index (χ1) is 32.1. The van der Waals surface area contributed by atoms with E-state index in [0.29, 0.717) is 12.0 Å². The number of carbonyl (C=O) groups is 11. The van der Waals surface area contributed by atoms with E-state index in [0.717, 1.165) is 9.80 Å². The first-order valence-corrected chi connectivity index (χ1v) is 21.7. The second-order valence-corrected chi connectivity index (χ2v) is 16.2. The molecule has 1 aromatic carbocycles. The van der Waals surface area contributed by atoms with Crippen LogP contribution in [0.1, 0.15) is 69.8 Å². The molecule has 0 bridgehead atoms. The van der Waals surface area contributed by atoms with Crippen LogP contribution in [0.15, 0.2) is 35.3 Å². The van der Waals surface area contributed by atoms with Gasteiger partial charge in [0.15, 0.2) is 5.96 Å². The summed E-state index contributed by atoms with van der Waals surface area (Å²) in [6.45, 7) is -1.08. The molecule has 2 aliphatic heterocycles. The largest absolute Gasteiger partial charge is 0.481 e. The van der Waals surface area contributed by atoms with E-state index in [1.807, 2.05) is 0 Å². The second-order valence-electron chi connectivity index (χ2n) is 16.2. The first kappa shape index (κ1) is 54.9. The van der Waals surface area contributed by atoms with Gasteiger partial charge < -0.3 is 79.7 Å². The number of rotatable bonds is 27. The van der Waals surface area contributed by atoms with Gasteiger partial charge in [-0.25, -0.2) is 4.79 Å². The van der Waals surface area contributed by atoms with Crippen molar-refractivity contribution in [2.24, 2.45) is 27.9 Å². The van der Waals surface area contributed by atoms with Crippen LogP contribution in [0.2, 0.25) is 0 Å². The van der Waals surface area contributed by atoms with Crippen molar-refractivity contribution in [1.82, 2.24) is 36.4 Å². The van der Waals surface area contributed by atoms with Gasteiger partial charge in [-0.05, 0) is 50.5 Å². The summed E-state index contributed by atoms with van der Waals surface area (Å²) in [5, 5.41) is 50.7. The molecule has 1 aromatic rings. The molecule has 374 valence electrons. The van der Waals surface area contributed by atoms with Crippen LogP contribution < -0.4 is 49.5 Å². The number of carbonyl (C=O) groups excluding carboxylic acids is 8. The quantitative estimate of drug-likeness (QED) is 0.0222. The van der Waals surface area contributed by atoms with Crippen LogP contribution in [0.4, 0.5) is 0 Å². The number of carboxylic acids is 3. The molecule has 0 aliphatic carbocycles. The van der Waals surface area contributed by atoms with Crippen LogP contribution in [0.5, 0.6) is 0 Å². The summed E-state index contributed by atoms with van der Waals surface area (Å²) in [6, 6.07) is -3.92. The number of aliphatic carboxylic acids is 3. The van der Waals surface area contributed by atoms with Crippen LogP contribution in [0.3, 0.4) is 0 Å². The smallest absolute Gasteiger partial charge is 0.326 e. The molecule has 2 saturated heterocycles. The van der Waals surface area contributed by atoms with E-state index in [1.54, 1.807) is 30.3 Å². The number of hydrogen-bond acceptors (Lipinski definition) is 14. The van der Waals surface area contributed by atoms with Crippen molar-refractivity contribution in [2.45, 2.75) is 119 Å². The average Bonchev–Trinajstić information content (AvgIpc) is 3.98. The molecule has 17 N–H and O–H groups in total. The Morgan fingerprint density at radius 1 is 0.647 bits per heavy atom. The molecular weight excluding hydrogens is 901 g/mol. The van der Waals surface area contributed by atoms with Gasteiger partial charge in [0, 0.05) is 32.5 Å². The maximum atomic E-state index is 14.2. The van der Waals surface area contributed by atoms with Crippen molar-refractivity contribution in [3.8, 4) is 0 Å². The lowest BCUT2D eigenvalue weighted by molar-refractivity contribution is -0.150. The molecule has 3 rings (SSSR count). The molecule has 2 aliphatic rings. The number of guanidine groups is 1. The summed E-state index contributed by atoms with van der Waals surface area (Å²) < 4.78 is 0. The third-order valence-corrected chi connectivity index (χ3v) is 11.0. The molecule has 0 radical (unpaired) electrons. The van der Waals surface area contributed by atoms with Crippen LogP contribution in [0, 0.1) is 0 Å². The highest BCUT2D eigenvalue weighted by atomic mass is 16.4. The average molecular weight is 961 g/mol. The molecular formula is C41H60N12O15. The van der Waals surface area contributed by atoms with Crippen LogP contribution >= 0.6 is 0 Å². The second kappa shape index (κ2) is 26.7. The van der Waals surface area contributed by atoms with Gasteiger partial charge in [0.25, 0.3) is 0 Å². The number of nitrogens with two attached hydrogens (primary N) is 4. The van der Waals surface area contributed by atoms with Gasteiger partial charge in [-0.2, -0.15) is 0 Å². The van der Waals surface area contributed by atoms with Gasteiger partial charge in [-0.1, -0.05) is 30.3 Å². The van der Waals surface area contributed by atoms with E-state index in [1.165, 1.54) is 0 Å². The number of carboxylic acid groups (broad SMARTS) is 3. The summed E-state index contributed by atoms with van der Waals surface area (Å²) in [5.41, 5.74) is 22.2. The van der Waals surface area contributed by atoms with Gasteiger partial charge in [0.1, 0.15) is 42.3 Å². The van der Waals surface area contributed by atoms with Gasteiger partial charge in [-0.15, -0.1) is 0 Å². The van der Waals surface area contributed by atoms with E-state index in [-0.39, 0.29) is 64.1 Å². The molecule has 0 saturated carbocycles. The van der Waals surface area contributed by atoms with Gasteiger partial charge in [-0.3, -0.25) is 52.9 Å². The fourth-order valence-corrected chi connectivity index (χ4v) is 7.59. The monoisotopic (exact) mass is 960 g/mol. The van der Waals surface area contributed by atoms with Crippen molar-refractivity contribution in [3.63, 3.8) is 0 Å². The number of nitrogens with one attached hydrogen (secondary N) is 5. The van der Waals surface area contributed by atoms with Crippen molar-refractivity contribution in [2.75, 3.05) is 26.2 Å². The van der Waals surface area contributed by atoms with Gasteiger partial charge >= 0.3 is 17.9 Å². The summed E-state index contributed by atoms with van der Waals surface area (Å²) in [4.78, 5) is 148. The predicted octanol–water partition coefficient (Wildman–Crippen LogP) is -5.69. The number of aliphatic hydroxyl groups excluding tert-OH is 1. The Labute approximate surface area is 389 Å². The van der Waals surface area contributed by atoms with Gasteiger partial charge in [0.05, 0.1) is 25.5 Å². The van der Waals surface area contributed by atoms with Crippen molar-refractivity contribution >= 4 is 71.1 Å². The minimum atomic E-state index is -1.75. The zero-order valence-corrected chi connectivity index (χ0v) is 37.0. The van der Waals surface area contributed by atoms with Crippen LogP contribution in [-0.2, 0) is 59.2 Å².